The third-order valence-corrected chi connectivity index (χ3v) is 5.15. The Balaban J connectivity index is 1.74. The van der Waals surface area contributed by atoms with E-state index in [-0.39, 0.29) is 17.3 Å². The molecule has 3 aromatic rings. The lowest BCUT2D eigenvalue weighted by molar-refractivity contribution is 0.174. The van der Waals surface area contributed by atoms with Gasteiger partial charge in [-0.15, -0.1) is 0 Å². The quantitative estimate of drug-likeness (QED) is 0.748. The standard InChI is InChI=1S/C15H12N2O6S/c1-8-4-10-12(23-15(18)16-10)6-14(8)24(19,20)17-9-2-3-11-13(5-9)22-7-21-11/h2-6,17H,7H2,1H3,(H,16,18). The summed E-state index contributed by atoms with van der Waals surface area (Å²) in [4.78, 5) is 13.8. The minimum atomic E-state index is -3.87. The summed E-state index contributed by atoms with van der Waals surface area (Å²) in [7, 11) is -3.87. The van der Waals surface area contributed by atoms with Crippen molar-refractivity contribution in [3.05, 3.63) is 46.4 Å². The number of benzene rings is 2. The number of aromatic amines is 1. The third-order valence-electron chi connectivity index (χ3n) is 3.63. The van der Waals surface area contributed by atoms with Crippen molar-refractivity contribution in [1.82, 2.24) is 4.98 Å². The van der Waals surface area contributed by atoms with Crippen molar-refractivity contribution in [2.24, 2.45) is 0 Å². The number of sulfonamides is 1. The molecule has 1 aliphatic heterocycles. The van der Waals surface area contributed by atoms with Gasteiger partial charge in [-0.3, -0.25) is 9.71 Å². The fraction of sp³-hybridized carbons (Fsp3) is 0.133. The van der Waals surface area contributed by atoms with Gasteiger partial charge < -0.3 is 13.9 Å². The summed E-state index contributed by atoms with van der Waals surface area (Å²) in [6, 6.07) is 7.62. The Morgan fingerprint density at radius 3 is 2.75 bits per heavy atom. The van der Waals surface area contributed by atoms with Crippen LogP contribution >= 0.6 is 0 Å². The molecule has 0 spiro atoms. The molecule has 4 rings (SSSR count). The molecule has 1 aliphatic rings. The number of rotatable bonds is 3. The molecule has 8 nitrogen and oxygen atoms in total. The van der Waals surface area contributed by atoms with Crippen LogP contribution in [-0.4, -0.2) is 20.2 Å². The van der Waals surface area contributed by atoms with Crippen LogP contribution in [0.4, 0.5) is 5.69 Å². The Hall–Kier alpha value is -2.94. The lowest BCUT2D eigenvalue weighted by atomic mass is 10.2. The topological polar surface area (TPSA) is 111 Å². The van der Waals surface area contributed by atoms with E-state index < -0.39 is 15.8 Å². The first-order valence-corrected chi connectivity index (χ1v) is 8.47. The molecule has 0 unspecified atom stereocenters. The molecule has 2 aromatic carbocycles. The van der Waals surface area contributed by atoms with Gasteiger partial charge in [-0.05, 0) is 30.7 Å². The first-order chi connectivity index (χ1) is 11.4. The highest BCUT2D eigenvalue weighted by atomic mass is 32.2. The highest BCUT2D eigenvalue weighted by Gasteiger charge is 2.21. The van der Waals surface area contributed by atoms with E-state index in [1.165, 1.54) is 6.07 Å². The minimum Gasteiger partial charge on any atom is -0.454 e. The van der Waals surface area contributed by atoms with Gasteiger partial charge in [0.15, 0.2) is 17.1 Å². The number of ether oxygens (including phenoxy) is 2. The van der Waals surface area contributed by atoms with E-state index in [4.69, 9.17) is 13.9 Å². The lowest BCUT2D eigenvalue weighted by Gasteiger charge is -2.10. The Morgan fingerprint density at radius 2 is 1.92 bits per heavy atom. The maximum atomic E-state index is 12.7. The zero-order valence-corrected chi connectivity index (χ0v) is 13.3. The maximum Gasteiger partial charge on any atom is 0.417 e. The van der Waals surface area contributed by atoms with Crippen LogP contribution in [0.3, 0.4) is 0 Å². The van der Waals surface area contributed by atoms with E-state index in [0.717, 1.165) is 0 Å². The second-order valence-electron chi connectivity index (χ2n) is 5.30. The van der Waals surface area contributed by atoms with Crippen LogP contribution in [0.1, 0.15) is 5.56 Å². The largest absolute Gasteiger partial charge is 0.454 e. The van der Waals surface area contributed by atoms with Crippen LogP contribution in [0.5, 0.6) is 11.5 Å². The fourth-order valence-electron chi connectivity index (χ4n) is 2.55. The summed E-state index contributed by atoms with van der Waals surface area (Å²) in [5.74, 6) is 0.395. The van der Waals surface area contributed by atoms with Crippen LogP contribution in [0.15, 0.2) is 44.4 Å². The summed E-state index contributed by atoms with van der Waals surface area (Å²) in [5.41, 5.74) is 1.44. The van der Waals surface area contributed by atoms with Crippen molar-refractivity contribution in [3.63, 3.8) is 0 Å². The minimum absolute atomic E-state index is 0.0235. The van der Waals surface area contributed by atoms with Crippen molar-refractivity contribution < 1.29 is 22.3 Å². The van der Waals surface area contributed by atoms with Gasteiger partial charge in [-0.2, -0.15) is 0 Å². The van der Waals surface area contributed by atoms with E-state index in [1.807, 2.05) is 0 Å². The molecule has 0 atom stereocenters. The fourth-order valence-corrected chi connectivity index (χ4v) is 3.84. The number of aromatic nitrogens is 1. The number of hydrogen-bond donors (Lipinski definition) is 2. The van der Waals surface area contributed by atoms with E-state index >= 15 is 0 Å². The van der Waals surface area contributed by atoms with Gasteiger partial charge in [0, 0.05) is 12.1 Å². The first kappa shape index (κ1) is 14.6. The van der Waals surface area contributed by atoms with Crippen LogP contribution in [0, 0.1) is 6.92 Å². The summed E-state index contributed by atoms with van der Waals surface area (Å²) in [5, 5.41) is 0. The van der Waals surface area contributed by atoms with Crippen molar-refractivity contribution in [2.45, 2.75) is 11.8 Å². The molecule has 0 saturated heterocycles. The molecule has 0 bridgehead atoms. The Bertz CT molecular complexity index is 1110. The van der Waals surface area contributed by atoms with Crippen LogP contribution < -0.4 is 20.0 Å². The lowest BCUT2D eigenvalue weighted by Crippen LogP contribution is -2.14. The predicted molar refractivity (Wildman–Crippen MR) is 84.9 cm³/mol. The number of aryl methyl sites for hydroxylation is 1. The normalized spacial score (nSPS) is 13.4. The number of nitrogens with one attached hydrogen (secondary N) is 2. The van der Waals surface area contributed by atoms with Gasteiger partial charge in [0.05, 0.1) is 16.1 Å². The van der Waals surface area contributed by atoms with Crippen LogP contribution in [0.2, 0.25) is 0 Å². The second kappa shape index (κ2) is 5.03. The van der Waals surface area contributed by atoms with Gasteiger partial charge in [-0.1, -0.05) is 0 Å². The molecule has 2 N–H and O–H groups in total. The predicted octanol–water partition coefficient (Wildman–Crippen LogP) is 1.96. The second-order valence-corrected chi connectivity index (χ2v) is 6.95. The molecular weight excluding hydrogens is 336 g/mol. The van der Waals surface area contributed by atoms with E-state index in [2.05, 4.69) is 9.71 Å². The summed E-state index contributed by atoms with van der Waals surface area (Å²) in [6.07, 6.45) is 0. The van der Waals surface area contributed by atoms with Crippen LogP contribution in [0.25, 0.3) is 11.1 Å². The summed E-state index contributed by atoms with van der Waals surface area (Å²) < 4.78 is 43.2. The van der Waals surface area contributed by atoms with Crippen molar-refractivity contribution in [1.29, 1.82) is 0 Å². The van der Waals surface area contributed by atoms with Crippen molar-refractivity contribution >= 4 is 26.8 Å². The molecule has 9 heteroatoms. The number of H-pyrrole nitrogens is 1. The van der Waals surface area contributed by atoms with E-state index in [0.29, 0.717) is 28.3 Å². The Kier molecular flexibility index (Phi) is 3.07. The van der Waals surface area contributed by atoms with Gasteiger partial charge in [0.1, 0.15) is 0 Å². The zero-order valence-electron chi connectivity index (χ0n) is 12.5. The zero-order chi connectivity index (χ0) is 16.9. The number of hydrogen-bond acceptors (Lipinski definition) is 6. The highest BCUT2D eigenvalue weighted by molar-refractivity contribution is 7.92. The van der Waals surface area contributed by atoms with Gasteiger partial charge >= 0.3 is 5.76 Å². The van der Waals surface area contributed by atoms with Gasteiger partial charge in [-0.25, -0.2) is 13.2 Å². The monoisotopic (exact) mass is 348 g/mol. The Labute approximate surface area is 136 Å². The molecule has 1 aromatic heterocycles. The Morgan fingerprint density at radius 1 is 1.12 bits per heavy atom. The summed E-state index contributed by atoms with van der Waals surface area (Å²) >= 11 is 0. The molecule has 124 valence electrons. The van der Waals surface area contributed by atoms with E-state index in [1.54, 1.807) is 31.2 Å². The molecule has 0 radical (unpaired) electrons. The maximum absolute atomic E-state index is 12.7. The molecule has 2 heterocycles. The average Bonchev–Trinajstić information content (AvgIpc) is 3.10. The summed E-state index contributed by atoms with van der Waals surface area (Å²) in [6.45, 7) is 1.74. The van der Waals surface area contributed by atoms with Gasteiger partial charge in [0.25, 0.3) is 10.0 Å². The molecule has 0 amide bonds. The molecule has 24 heavy (non-hydrogen) atoms. The highest BCUT2D eigenvalue weighted by Crippen LogP contribution is 2.35. The number of anilines is 1. The number of fused-ring (bicyclic) bond motifs is 2. The van der Waals surface area contributed by atoms with Crippen molar-refractivity contribution in [3.8, 4) is 11.5 Å². The van der Waals surface area contributed by atoms with E-state index in [9.17, 15) is 13.2 Å². The molecular formula is C15H12N2O6S. The van der Waals surface area contributed by atoms with Crippen molar-refractivity contribution in [2.75, 3.05) is 11.5 Å². The third kappa shape index (κ3) is 2.38. The van der Waals surface area contributed by atoms with Crippen LogP contribution in [-0.2, 0) is 10.0 Å². The molecule has 0 aliphatic carbocycles. The SMILES string of the molecule is Cc1cc2[nH]c(=O)oc2cc1S(=O)(=O)Nc1ccc2c(c1)OCO2. The number of oxazole rings is 1. The average molecular weight is 348 g/mol. The molecule has 0 saturated carbocycles. The van der Waals surface area contributed by atoms with Gasteiger partial charge in [0.2, 0.25) is 6.79 Å². The first-order valence-electron chi connectivity index (χ1n) is 6.98. The molecule has 0 fully saturated rings. The smallest absolute Gasteiger partial charge is 0.417 e.